The molecule has 2 amide bonds. The highest BCUT2D eigenvalue weighted by molar-refractivity contribution is 6.21. The molecule has 4 aromatic rings. The summed E-state index contributed by atoms with van der Waals surface area (Å²) in [5, 5.41) is 1.16. The van der Waals surface area contributed by atoms with E-state index in [0.717, 1.165) is 35.9 Å². The number of nitrogens with zero attached hydrogens (tertiary/aromatic N) is 2. The van der Waals surface area contributed by atoms with Crippen molar-refractivity contribution in [2.75, 3.05) is 13.7 Å². The van der Waals surface area contributed by atoms with Crippen molar-refractivity contribution in [3.63, 3.8) is 0 Å². The van der Waals surface area contributed by atoms with Gasteiger partial charge < -0.3 is 9.30 Å². The zero-order chi connectivity index (χ0) is 25.7. The molecule has 184 valence electrons. The predicted octanol–water partition coefficient (Wildman–Crippen LogP) is 5.57. The molecule has 1 aromatic heterocycles. The number of carbonyl (C=O) groups is 3. The number of aromatic nitrogens is 1. The second-order valence-electron chi connectivity index (χ2n) is 8.48. The number of imide groups is 1. The van der Waals surface area contributed by atoms with Crippen LogP contribution in [0.1, 0.15) is 46.0 Å². The van der Waals surface area contributed by atoms with Crippen molar-refractivity contribution in [2.24, 2.45) is 0 Å². The first kappa shape index (κ1) is 24.9. The molecule has 0 atom stereocenters. The lowest BCUT2D eigenvalue weighted by molar-refractivity contribution is -0.137. The Morgan fingerprint density at radius 1 is 0.861 bits per heavy atom. The van der Waals surface area contributed by atoms with Gasteiger partial charge in [-0.3, -0.25) is 19.3 Å². The van der Waals surface area contributed by atoms with E-state index in [1.54, 1.807) is 36.4 Å². The fourth-order valence-electron chi connectivity index (χ4n) is 4.29. The molecule has 6 nitrogen and oxygen atoms in total. The van der Waals surface area contributed by atoms with Gasteiger partial charge in [-0.1, -0.05) is 30.3 Å². The molecule has 1 aliphatic rings. The third-order valence-corrected chi connectivity index (χ3v) is 6.14. The molecule has 1 aliphatic heterocycles. The first-order valence-electron chi connectivity index (χ1n) is 11.8. The van der Waals surface area contributed by atoms with Crippen molar-refractivity contribution >= 4 is 28.7 Å². The summed E-state index contributed by atoms with van der Waals surface area (Å²) in [6.07, 6.45) is 4.52. The lowest BCUT2D eigenvalue weighted by atomic mass is 10.1. The molecular formula is C29H27FN2O4. The highest BCUT2D eigenvalue weighted by Gasteiger charge is 2.34. The van der Waals surface area contributed by atoms with Crippen LogP contribution in [0, 0.1) is 5.82 Å². The van der Waals surface area contributed by atoms with Crippen molar-refractivity contribution in [1.82, 2.24) is 9.47 Å². The number of fused-ring (bicyclic) bond motifs is 2. The van der Waals surface area contributed by atoms with Crippen LogP contribution in [0.3, 0.4) is 0 Å². The Labute approximate surface area is 208 Å². The van der Waals surface area contributed by atoms with Crippen LogP contribution in [-0.4, -0.2) is 40.9 Å². The summed E-state index contributed by atoms with van der Waals surface area (Å²) in [6.45, 7) is 1.78. The van der Waals surface area contributed by atoms with Gasteiger partial charge in [-0.25, -0.2) is 4.39 Å². The summed E-state index contributed by atoms with van der Waals surface area (Å²) in [6, 6.07) is 21.6. The maximum Gasteiger partial charge on any atom is 0.302 e. The summed E-state index contributed by atoms with van der Waals surface area (Å²) in [4.78, 5) is 36.0. The molecule has 0 saturated carbocycles. The van der Waals surface area contributed by atoms with Gasteiger partial charge in [-0.05, 0) is 67.3 Å². The number of halogens is 1. The number of benzene rings is 3. The number of hydrogen-bond acceptors (Lipinski definition) is 4. The Bertz CT molecular complexity index is 1370. The smallest absolute Gasteiger partial charge is 0.302 e. The zero-order valence-electron chi connectivity index (χ0n) is 20.2. The Hall–Kier alpha value is -4.26. The fourth-order valence-corrected chi connectivity index (χ4v) is 4.29. The van der Waals surface area contributed by atoms with Crippen LogP contribution in [0.25, 0.3) is 16.6 Å². The maximum absolute atomic E-state index is 13.3. The van der Waals surface area contributed by atoms with Gasteiger partial charge in [0.1, 0.15) is 5.82 Å². The van der Waals surface area contributed by atoms with E-state index in [1.807, 2.05) is 12.1 Å². The molecule has 5 rings (SSSR count). The Morgan fingerprint density at radius 2 is 1.44 bits per heavy atom. The average Bonchev–Trinajstić information content (AvgIpc) is 3.38. The number of aryl methyl sites for hydroxylation is 1. The van der Waals surface area contributed by atoms with Gasteiger partial charge in [0.05, 0.1) is 23.8 Å². The van der Waals surface area contributed by atoms with Crippen LogP contribution in [0.5, 0.6) is 0 Å². The van der Waals surface area contributed by atoms with Crippen molar-refractivity contribution in [3.05, 3.63) is 102 Å². The summed E-state index contributed by atoms with van der Waals surface area (Å²) < 4.78 is 19.5. The number of hydrogen-bond donors (Lipinski definition) is 0. The van der Waals surface area contributed by atoms with Crippen LogP contribution in [0.15, 0.2) is 79.0 Å². The van der Waals surface area contributed by atoms with Crippen molar-refractivity contribution in [1.29, 1.82) is 0 Å². The summed E-state index contributed by atoms with van der Waals surface area (Å²) in [7, 11) is 1.35. The van der Waals surface area contributed by atoms with E-state index in [0.29, 0.717) is 17.7 Å². The number of rotatable bonds is 6. The first-order chi connectivity index (χ1) is 17.4. The Morgan fingerprint density at radius 3 is 2.06 bits per heavy atom. The van der Waals surface area contributed by atoms with E-state index in [2.05, 4.69) is 27.6 Å². The number of unbranched alkanes of at least 4 members (excludes halogenated alkanes) is 1. The van der Waals surface area contributed by atoms with Crippen LogP contribution in [-0.2, 0) is 16.0 Å². The molecular weight excluding hydrogens is 459 g/mol. The molecule has 0 saturated heterocycles. The normalized spacial score (nSPS) is 12.4. The quantitative estimate of drug-likeness (QED) is 0.203. The lowest BCUT2D eigenvalue weighted by Gasteiger charge is -2.13. The number of methoxy groups -OCH3 is 1. The minimum Gasteiger partial charge on any atom is -0.469 e. The van der Waals surface area contributed by atoms with E-state index in [9.17, 15) is 18.8 Å². The van der Waals surface area contributed by atoms with E-state index >= 15 is 0 Å². The molecule has 0 bridgehead atoms. The minimum atomic E-state index is -0.256. The molecule has 0 spiro atoms. The largest absolute Gasteiger partial charge is 0.469 e. The topological polar surface area (TPSA) is 68.6 Å². The van der Waals surface area contributed by atoms with Gasteiger partial charge in [-0.2, -0.15) is 0 Å². The van der Waals surface area contributed by atoms with E-state index in [-0.39, 0.29) is 23.6 Å². The molecule has 0 fully saturated rings. The van der Waals surface area contributed by atoms with Gasteiger partial charge in [0.15, 0.2) is 0 Å². The Balaban J connectivity index is 0.000000556. The van der Waals surface area contributed by atoms with E-state index in [1.165, 1.54) is 36.6 Å². The third kappa shape index (κ3) is 5.20. The Kier molecular flexibility index (Phi) is 7.59. The summed E-state index contributed by atoms with van der Waals surface area (Å²) in [5.41, 5.74) is 4.17. The minimum absolute atomic E-state index is 0.200. The molecule has 36 heavy (non-hydrogen) atoms. The van der Waals surface area contributed by atoms with Gasteiger partial charge in [0.25, 0.3) is 11.8 Å². The maximum atomic E-state index is 13.3. The monoisotopic (exact) mass is 486 g/mol. The van der Waals surface area contributed by atoms with Crippen molar-refractivity contribution < 1.29 is 23.5 Å². The second-order valence-corrected chi connectivity index (χ2v) is 8.48. The number of amides is 2. The number of esters is 1. The molecule has 0 unspecified atom stereocenters. The predicted molar refractivity (Wildman–Crippen MR) is 136 cm³/mol. The first-order valence-corrected chi connectivity index (χ1v) is 11.8. The highest BCUT2D eigenvalue weighted by Crippen LogP contribution is 2.27. The van der Waals surface area contributed by atoms with Crippen molar-refractivity contribution in [3.8, 4) is 5.69 Å². The molecule has 7 heteroatoms. The van der Waals surface area contributed by atoms with E-state index in [4.69, 9.17) is 0 Å². The van der Waals surface area contributed by atoms with Crippen LogP contribution in [0.4, 0.5) is 4.39 Å². The SMILES string of the molecule is COC(C)=O.O=C1c2ccccc2C(=O)N1CCCCc1cn(-c2ccc(F)cc2)c2ccccc12. The standard InChI is InChI=1S/C26H21FN2O2.C3H6O2/c27-19-12-14-20(15-13-19)29-17-18(21-8-3-4-11-24(21)29)7-5-6-16-28-25(30)22-9-1-2-10-23(22)26(28)31;1-3(4)5-2/h1-4,8-15,17H,5-7,16H2;1-2H3. The van der Waals surface area contributed by atoms with Crippen LogP contribution < -0.4 is 0 Å². The highest BCUT2D eigenvalue weighted by atomic mass is 19.1. The summed E-state index contributed by atoms with van der Waals surface area (Å²) in [5.74, 6) is -0.902. The van der Waals surface area contributed by atoms with Crippen LogP contribution in [0.2, 0.25) is 0 Å². The third-order valence-electron chi connectivity index (χ3n) is 6.14. The number of ether oxygens (including phenoxy) is 1. The zero-order valence-corrected chi connectivity index (χ0v) is 20.2. The molecule has 0 aliphatic carbocycles. The van der Waals surface area contributed by atoms with Gasteiger partial charge in [-0.15, -0.1) is 0 Å². The fraction of sp³-hybridized carbons (Fsp3) is 0.207. The van der Waals surface area contributed by atoms with Gasteiger partial charge in [0, 0.05) is 30.7 Å². The lowest BCUT2D eigenvalue weighted by Crippen LogP contribution is -2.30. The van der Waals surface area contributed by atoms with Crippen LogP contribution >= 0.6 is 0 Å². The van der Waals surface area contributed by atoms with Crippen molar-refractivity contribution in [2.45, 2.75) is 26.2 Å². The average molecular weight is 487 g/mol. The number of carbonyl (C=O) groups excluding carboxylic acids is 3. The van der Waals surface area contributed by atoms with Gasteiger partial charge >= 0.3 is 5.97 Å². The molecule has 2 heterocycles. The molecule has 0 N–H and O–H groups in total. The second kappa shape index (κ2) is 11.0. The molecule has 0 radical (unpaired) electrons. The number of para-hydroxylation sites is 1. The van der Waals surface area contributed by atoms with Gasteiger partial charge in [0.2, 0.25) is 0 Å². The summed E-state index contributed by atoms with van der Waals surface area (Å²) >= 11 is 0. The van der Waals surface area contributed by atoms with E-state index < -0.39 is 0 Å². The molecule has 3 aromatic carbocycles.